The highest BCUT2D eigenvalue weighted by Gasteiger charge is 2.36. The Morgan fingerprint density at radius 2 is 2.22 bits per heavy atom. The summed E-state index contributed by atoms with van der Waals surface area (Å²) in [6.07, 6.45) is 5.10. The average Bonchev–Trinajstić information content (AvgIpc) is 3.66. The largest absolute Gasteiger partial charge is 0.446 e. The molecule has 1 aliphatic carbocycles. The van der Waals surface area contributed by atoms with E-state index in [1.165, 1.54) is 0 Å². The molecule has 1 amide bonds. The first-order valence-electron chi connectivity index (χ1n) is 13.1. The number of alkyl carbamates (subject to hydrolysis) is 1. The average molecular weight is 503 g/mol. The van der Waals surface area contributed by atoms with Crippen molar-refractivity contribution < 1.29 is 19.0 Å². The number of aliphatic imine (C=N–C) groups is 2. The van der Waals surface area contributed by atoms with E-state index >= 15 is 0 Å². The SMILES string of the molecule is CCC(C)NC(=O)O[C@@H]1CC[C@H](C2CC(=NC3=NCNc4c(COC5CCOC5)nn(C)c43)NN2)C1. The molecule has 2 saturated heterocycles. The lowest BCUT2D eigenvalue weighted by Gasteiger charge is -2.18. The number of carbonyl (C=O) groups excluding carboxylic acids is 1. The Kier molecular flexibility index (Phi) is 7.73. The van der Waals surface area contributed by atoms with Crippen molar-refractivity contribution in [3.8, 4) is 0 Å². The number of fused-ring (bicyclic) bond motifs is 1. The summed E-state index contributed by atoms with van der Waals surface area (Å²) in [5, 5.41) is 10.9. The zero-order valence-electron chi connectivity index (χ0n) is 21.4. The first-order chi connectivity index (χ1) is 17.5. The van der Waals surface area contributed by atoms with Crippen LogP contribution in [-0.4, -0.2) is 71.7 Å². The zero-order valence-corrected chi connectivity index (χ0v) is 21.4. The Balaban J connectivity index is 1.17. The van der Waals surface area contributed by atoms with E-state index in [0.717, 1.165) is 68.0 Å². The van der Waals surface area contributed by atoms with Crippen LogP contribution in [0.3, 0.4) is 0 Å². The fourth-order valence-electron chi connectivity index (χ4n) is 5.23. The number of rotatable bonds is 7. The highest BCUT2D eigenvalue weighted by molar-refractivity contribution is 6.10. The molecule has 4 heterocycles. The van der Waals surface area contributed by atoms with Crippen molar-refractivity contribution in [2.24, 2.45) is 23.0 Å². The number of aromatic nitrogens is 2. The van der Waals surface area contributed by atoms with Gasteiger partial charge < -0.3 is 30.3 Å². The fraction of sp³-hybridized carbons (Fsp3) is 0.750. The minimum absolute atomic E-state index is 0.0379. The number of nitrogens with zero attached hydrogens (tertiary/aromatic N) is 4. The molecule has 1 aromatic heterocycles. The minimum atomic E-state index is -0.313. The Morgan fingerprint density at radius 3 is 3.03 bits per heavy atom. The van der Waals surface area contributed by atoms with Crippen LogP contribution in [-0.2, 0) is 27.9 Å². The third-order valence-electron chi connectivity index (χ3n) is 7.46. The normalized spacial score (nSPS) is 29.4. The van der Waals surface area contributed by atoms with Gasteiger partial charge in [-0.2, -0.15) is 5.10 Å². The summed E-state index contributed by atoms with van der Waals surface area (Å²) in [7, 11) is 1.91. The number of aryl methyl sites for hydroxylation is 1. The highest BCUT2D eigenvalue weighted by Crippen LogP contribution is 2.33. The number of hydrogen-bond donors (Lipinski definition) is 4. The van der Waals surface area contributed by atoms with Gasteiger partial charge in [0.1, 0.15) is 30.0 Å². The van der Waals surface area contributed by atoms with Crippen LogP contribution >= 0.6 is 0 Å². The Labute approximate surface area is 211 Å². The third-order valence-corrected chi connectivity index (χ3v) is 7.46. The molecule has 0 radical (unpaired) electrons. The summed E-state index contributed by atoms with van der Waals surface area (Å²) in [6, 6.07) is 0.360. The van der Waals surface area contributed by atoms with Crippen molar-refractivity contribution in [2.45, 2.75) is 83.3 Å². The van der Waals surface area contributed by atoms with Crippen LogP contribution in [0.2, 0.25) is 0 Å². The van der Waals surface area contributed by atoms with Crippen molar-refractivity contribution in [1.29, 1.82) is 0 Å². The number of amides is 1. The molecule has 3 fully saturated rings. The van der Waals surface area contributed by atoms with E-state index in [4.69, 9.17) is 19.2 Å². The summed E-state index contributed by atoms with van der Waals surface area (Å²) in [6.45, 7) is 6.29. The third kappa shape index (κ3) is 5.65. The maximum absolute atomic E-state index is 12.1. The smallest absolute Gasteiger partial charge is 0.407 e. The molecule has 3 aliphatic heterocycles. The van der Waals surface area contributed by atoms with Crippen molar-refractivity contribution in [3.63, 3.8) is 0 Å². The number of nitrogens with one attached hydrogen (secondary N) is 4. The molecule has 4 aliphatic rings. The monoisotopic (exact) mass is 502 g/mol. The molecule has 5 atom stereocenters. The molecule has 36 heavy (non-hydrogen) atoms. The number of hydrazine groups is 1. The molecule has 4 N–H and O–H groups in total. The predicted octanol–water partition coefficient (Wildman–Crippen LogP) is 1.81. The van der Waals surface area contributed by atoms with E-state index in [9.17, 15) is 4.79 Å². The number of hydrogen-bond acceptors (Lipinski definition) is 9. The van der Waals surface area contributed by atoms with Crippen LogP contribution in [0.1, 0.15) is 63.8 Å². The van der Waals surface area contributed by atoms with Gasteiger partial charge in [-0.25, -0.2) is 20.2 Å². The minimum Gasteiger partial charge on any atom is -0.446 e. The molecule has 0 spiro atoms. The van der Waals surface area contributed by atoms with Crippen LogP contribution in [0.5, 0.6) is 0 Å². The lowest BCUT2D eigenvalue weighted by molar-refractivity contribution is 0.0302. The number of carbonyl (C=O) groups is 1. The topological polar surface area (TPSA) is 135 Å². The fourth-order valence-corrected chi connectivity index (χ4v) is 5.23. The summed E-state index contributed by atoms with van der Waals surface area (Å²) >= 11 is 0. The number of anilines is 1. The Bertz CT molecular complexity index is 1000. The Morgan fingerprint density at radius 1 is 1.33 bits per heavy atom. The van der Waals surface area contributed by atoms with Crippen LogP contribution in [0.4, 0.5) is 10.5 Å². The van der Waals surface area contributed by atoms with E-state index in [1.54, 1.807) is 0 Å². The summed E-state index contributed by atoms with van der Waals surface area (Å²) in [5.74, 6) is 1.93. The van der Waals surface area contributed by atoms with Crippen LogP contribution < -0.4 is 21.5 Å². The van der Waals surface area contributed by atoms with Gasteiger partial charge in [-0.3, -0.25) is 4.68 Å². The lowest BCUT2D eigenvalue weighted by Crippen LogP contribution is -2.36. The molecule has 1 saturated carbocycles. The standard InChI is InChI=1S/C24H38N8O4/c1-4-14(2)27-24(33)36-16-6-5-15(9-16)18-10-20(30-29-18)28-23-22-21(25-13-26-23)19(31-32(22)3)12-35-17-7-8-34-11-17/h14-18,25,29H,4-13H2,1-3H3,(H,27,33)(H,26,28,30)/t14?,15-,16+,17?,18?/m0/s1. The van der Waals surface area contributed by atoms with Gasteiger partial charge >= 0.3 is 6.09 Å². The van der Waals surface area contributed by atoms with Gasteiger partial charge in [0.2, 0.25) is 0 Å². The molecular weight excluding hydrogens is 464 g/mol. The number of ether oxygens (including phenoxy) is 3. The van der Waals surface area contributed by atoms with Crippen LogP contribution in [0.25, 0.3) is 0 Å². The lowest BCUT2D eigenvalue weighted by atomic mass is 9.96. The van der Waals surface area contributed by atoms with Gasteiger partial charge in [0.15, 0.2) is 5.84 Å². The number of amidine groups is 2. The van der Waals surface area contributed by atoms with Crippen LogP contribution in [0, 0.1) is 5.92 Å². The van der Waals surface area contributed by atoms with Gasteiger partial charge in [-0.05, 0) is 44.9 Å². The highest BCUT2D eigenvalue weighted by atomic mass is 16.6. The van der Waals surface area contributed by atoms with E-state index in [2.05, 4.69) is 31.6 Å². The van der Waals surface area contributed by atoms with E-state index < -0.39 is 0 Å². The zero-order chi connectivity index (χ0) is 25.1. The quantitative estimate of drug-likeness (QED) is 0.443. The maximum atomic E-state index is 12.1. The molecular formula is C24H38N8O4. The van der Waals surface area contributed by atoms with Gasteiger partial charge in [0, 0.05) is 32.2 Å². The molecule has 12 heteroatoms. The second kappa shape index (κ2) is 11.1. The van der Waals surface area contributed by atoms with Gasteiger partial charge in [-0.1, -0.05) is 6.92 Å². The summed E-state index contributed by atoms with van der Waals surface area (Å²) in [5.41, 5.74) is 9.29. The molecule has 0 aromatic carbocycles. The van der Waals surface area contributed by atoms with Gasteiger partial charge in [0.25, 0.3) is 0 Å². The van der Waals surface area contributed by atoms with Crippen molar-refractivity contribution in [3.05, 3.63) is 11.4 Å². The van der Waals surface area contributed by atoms with E-state index in [-0.39, 0.29) is 30.4 Å². The molecule has 3 unspecified atom stereocenters. The molecule has 198 valence electrons. The second-order valence-electron chi connectivity index (χ2n) is 10.1. The Hall–Kier alpha value is -2.70. The molecule has 5 rings (SSSR count). The van der Waals surface area contributed by atoms with Gasteiger partial charge in [-0.15, -0.1) is 0 Å². The van der Waals surface area contributed by atoms with Crippen molar-refractivity contribution in [2.75, 3.05) is 25.2 Å². The second-order valence-corrected chi connectivity index (χ2v) is 10.1. The van der Waals surface area contributed by atoms with Crippen molar-refractivity contribution >= 4 is 23.5 Å². The van der Waals surface area contributed by atoms with Crippen molar-refractivity contribution in [1.82, 2.24) is 25.9 Å². The maximum Gasteiger partial charge on any atom is 0.407 e. The van der Waals surface area contributed by atoms with Crippen LogP contribution in [0.15, 0.2) is 9.98 Å². The molecule has 1 aromatic rings. The van der Waals surface area contributed by atoms with E-state index in [0.29, 0.717) is 31.6 Å². The predicted molar refractivity (Wildman–Crippen MR) is 135 cm³/mol. The summed E-state index contributed by atoms with van der Waals surface area (Å²) < 4.78 is 18.9. The first-order valence-corrected chi connectivity index (χ1v) is 13.1. The molecule has 12 nitrogen and oxygen atoms in total. The van der Waals surface area contributed by atoms with Gasteiger partial charge in [0.05, 0.1) is 25.0 Å². The molecule has 0 bridgehead atoms. The summed E-state index contributed by atoms with van der Waals surface area (Å²) in [4.78, 5) is 21.6. The van der Waals surface area contributed by atoms with E-state index in [1.807, 2.05) is 25.6 Å². The first kappa shape index (κ1) is 25.0.